The zero-order valence-corrected chi connectivity index (χ0v) is 19.8. The molecule has 1 saturated carbocycles. The van der Waals surface area contributed by atoms with E-state index in [-0.39, 0.29) is 34.8 Å². The Balaban J connectivity index is 1.31. The Bertz CT molecular complexity index is 1100. The van der Waals surface area contributed by atoms with Crippen molar-refractivity contribution in [2.45, 2.75) is 48.2 Å². The molecule has 1 spiro atoms. The average molecular weight is 507 g/mol. The SMILES string of the molecule is O=C1N(c2ccc(SC(F)(F)F)cc2)C(=O)C2(CC2)N1Cc1ccncc1OCCN1CCCC1. The third-order valence-corrected chi connectivity index (χ3v) is 7.39. The number of amides is 3. The van der Waals surface area contributed by atoms with Gasteiger partial charge in [0.2, 0.25) is 0 Å². The second-order valence-corrected chi connectivity index (χ2v) is 10.1. The van der Waals surface area contributed by atoms with E-state index >= 15 is 0 Å². The van der Waals surface area contributed by atoms with Crippen LogP contribution in [0.5, 0.6) is 5.75 Å². The summed E-state index contributed by atoms with van der Waals surface area (Å²) in [7, 11) is 0. The first-order valence-electron chi connectivity index (χ1n) is 11.6. The highest BCUT2D eigenvalue weighted by Gasteiger charge is 2.65. The van der Waals surface area contributed by atoms with Gasteiger partial charge in [0.1, 0.15) is 17.9 Å². The lowest BCUT2D eigenvalue weighted by molar-refractivity contribution is -0.120. The number of rotatable bonds is 8. The van der Waals surface area contributed by atoms with Crippen molar-refractivity contribution in [2.24, 2.45) is 0 Å². The number of likely N-dealkylation sites (tertiary alicyclic amines) is 1. The monoisotopic (exact) mass is 506 g/mol. The summed E-state index contributed by atoms with van der Waals surface area (Å²) in [6.45, 7) is 3.65. The third kappa shape index (κ3) is 4.97. The van der Waals surface area contributed by atoms with E-state index in [4.69, 9.17) is 4.74 Å². The minimum Gasteiger partial charge on any atom is -0.490 e. The van der Waals surface area contributed by atoms with Crippen LogP contribution in [0.3, 0.4) is 0 Å². The van der Waals surface area contributed by atoms with Gasteiger partial charge in [-0.3, -0.25) is 14.7 Å². The smallest absolute Gasteiger partial charge is 0.446 e. The predicted octanol–water partition coefficient (Wildman–Crippen LogP) is 4.67. The lowest BCUT2D eigenvalue weighted by Crippen LogP contribution is -2.36. The van der Waals surface area contributed by atoms with Gasteiger partial charge in [-0.2, -0.15) is 13.2 Å². The minimum absolute atomic E-state index is 0.00848. The summed E-state index contributed by atoms with van der Waals surface area (Å²) < 4.78 is 43.9. The Morgan fingerprint density at radius 1 is 1.06 bits per heavy atom. The number of carbonyl (C=O) groups excluding carboxylic acids is 2. The Kier molecular flexibility index (Phi) is 6.39. The molecule has 2 aliphatic heterocycles. The molecule has 0 bridgehead atoms. The number of hydrogen-bond acceptors (Lipinski definition) is 6. The average Bonchev–Trinajstić information content (AvgIpc) is 3.40. The molecule has 0 atom stereocenters. The molecule has 186 valence electrons. The Labute approximate surface area is 205 Å². The van der Waals surface area contributed by atoms with E-state index in [2.05, 4.69) is 9.88 Å². The zero-order chi connectivity index (χ0) is 24.6. The minimum atomic E-state index is -4.41. The van der Waals surface area contributed by atoms with Crippen LogP contribution in [0.2, 0.25) is 0 Å². The summed E-state index contributed by atoms with van der Waals surface area (Å²) in [6, 6.07) is 6.59. The molecule has 1 aliphatic carbocycles. The number of urea groups is 1. The van der Waals surface area contributed by atoms with Crippen LogP contribution in [0.4, 0.5) is 23.7 Å². The van der Waals surface area contributed by atoms with Crippen LogP contribution in [0.15, 0.2) is 47.6 Å². The zero-order valence-electron chi connectivity index (χ0n) is 19.0. The standard InChI is InChI=1S/C24H25F3N4O3S/c25-24(26,27)35-19-5-3-18(4-6-19)31-21(32)23(8-9-23)30(22(31)33)16-17-7-10-28-15-20(17)34-14-13-29-11-1-2-12-29/h3-7,10,15H,1-2,8-9,11-14,16H2. The molecule has 7 nitrogen and oxygen atoms in total. The highest BCUT2D eigenvalue weighted by molar-refractivity contribution is 8.00. The quantitative estimate of drug-likeness (QED) is 0.383. The van der Waals surface area contributed by atoms with Crippen LogP contribution in [0.1, 0.15) is 31.2 Å². The van der Waals surface area contributed by atoms with E-state index in [0.717, 1.165) is 30.1 Å². The number of nitrogens with zero attached hydrogens (tertiary/aromatic N) is 4. The number of carbonyl (C=O) groups is 2. The van der Waals surface area contributed by atoms with Gasteiger partial charge in [0.15, 0.2) is 0 Å². The summed E-state index contributed by atoms with van der Waals surface area (Å²) >= 11 is -0.238. The number of alkyl halides is 3. The van der Waals surface area contributed by atoms with Crippen LogP contribution < -0.4 is 9.64 Å². The van der Waals surface area contributed by atoms with Gasteiger partial charge < -0.3 is 9.64 Å². The maximum Gasteiger partial charge on any atom is 0.446 e. The summed E-state index contributed by atoms with van der Waals surface area (Å²) in [5.74, 6) is 0.235. The molecule has 2 aromatic rings. The molecule has 1 aromatic heterocycles. The molecule has 0 unspecified atom stereocenters. The van der Waals surface area contributed by atoms with E-state index in [9.17, 15) is 22.8 Å². The van der Waals surface area contributed by atoms with Gasteiger partial charge in [-0.05, 0) is 80.9 Å². The molecule has 3 amide bonds. The van der Waals surface area contributed by atoms with Crippen molar-refractivity contribution in [3.8, 4) is 5.75 Å². The maximum atomic E-state index is 13.4. The molecule has 0 radical (unpaired) electrons. The van der Waals surface area contributed by atoms with Crippen molar-refractivity contribution in [3.05, 3.63) is 48.3 Å². The molecule has 0 N–H and O–H groups in total. The Hall–Kier alpha value is -2.79. The number of ether oxygens (including phenoxy) is 1. The number of pyridine rings is 1. The Morgan fingerprint density at radius 2 is 1.77 bits per heavy atom. The summed E-state index contributed by atoms with van der Waals surface area (Å²) in [5, 5.41) is 0. The van der Waals surface area contributed by atoms with Crippen molar-refractivity contribution in [3.63, 3.8) is 0 Å². The molecule has 3 heterocycles. The van der Waals surface area contributed by atoms with Gasteiger partial charge in [0.25, 0.3) is 5.91 Å². The van der Waals surface area contributed by atoms with Crippen molar-refractivity contribution >= 4 is 29.4 Å². The van der Waals surface area contributed by atoms with Crippen molar-refractivity contribution in [1.29, 1.82) is 0 Å². The predicted molar refractivity (Wildman–Crippen MR) is 124 cm³/mol. The molecule has 2 saturated heterocycles. The van der Waals surface area contributed by atoms with Gasteiger partial charge in [-0.25, -0.2) is 9.69 Å². The molecule has 3 fully saturated rings. The molecule has 5 rings (SSSR count). The van der Waals surface area contributed by atoms with Crippen LogP contribution in [-0.4, -0.2) is 64.0 Å². The van der Waals surface area contributed by atoms with Crippen molar-refractivity contribution in [1.82, 2.24) is 14.8 Å². The molecule has 11 heteroatoms. The molecule has 3 aliphatic rings. The highest BCUT2D eigenvalue weighted by Crippen LogP contribution is 2.50. The van der Waals surface area contributed by atoms with E-state index in [0.29, 0.717) is 25.2 Å². The normalized spacial score (nSPS) is 19.7. The summed E-state index contributed by atoms with van der Waals surface area (Å²) in [6.07, 6.45) is 6.74. The fourth-order valence-corrected chi connectivity index (χ4v) is 5.23. The number of halogens is 3. The number of hydrogen-bond donors (Lipinski definition) is 0. The van der Waals surface area contributed by atoms with Crippen molar-refractivity contribution < 1.29 is 27.5 Å². The Morgan fingerprint density at radius 3 is 2.43 bits per heavy atom. The van der Waals surface area contributed by atoms with E-state index < -0.39 is 17.1 Å². The fraction of sp³-hybridized carbons (Fsp3) is 0.458. The number of anilines is 1. The van der Waals surface area contributed by atoms with E-state index in [1.807, 2.05) is 0 Å². The first-order chi connectivity index (χ1) is 16.8. The van der Waals surface area contributed by atoms with Crippen LogP contribution in [-0.2, 0) is 11.3 Å². The number of benzene rings is 1. The van der Waals surface area contributed by atoms with Gasteiger partial charge >= 0.3 is 11.5 Å². The second-order valence-electron chi connectivity index (χ2n) is 8.96. The van der Waals surface area contributed by atoms with Gasteiger partial charge in [0, 0.05) is 23.2 Å². The first kappa shape index (κ1) is 23.9. The third-order valence-electron chi connectivity index (χ3n) is 6.65. The lowest BCUT2D eigenvalue weighted by Gasteiger charge is -2.23. The van der Waals surface area contributed by atoms with Crippen LogP contribution in [0, 0.1) is 0 Å². The maximum absolute atomic E-state index is 13.4. The molecule has 1 aromatic carbocycles. The fourth-order valence-electron chi connectivity index (χ4n) is 4.69. The number of aromatic nitrogens is 1. The van der Waals surface area contributed by atoms with Crippen LogP contribution >= 0.6 is 11.8 Å². The van der Waals surface area contributed by atoms with E-state index in [1.165, 1.54) is 37.1 Å². The summed E-state index contributed by atoms with van der Waals surface area (Å²) in [4.78, 5) is 35.7. The molecular formula is C24H25F3N4O3S. The van der Waals surface area contributed by atoms with Crippen LogP contribution in [0.25, 0.3) is 0 Å². The number of thioether (sulfide) groups is 1. The second kappa shape index (κ2) is 9.34. The van der Waals surface area contributed by atoms with Gasteiger partial charge in [-0.1, -0.05) is 0 Å². The van der Waals surface area contributed by atoms with Gasteiger partial charge in [-0.15, -0.1) is 0 Å². The lowest BCUT2D eigenvalue weighted by atomic mass is 10.2. The van der Waals surface area contributed by atoms with Crippen molar-refractivity contribution in [2.75, 3.05) is 31.1 Å². The van der Waals surface area contributed by atoms with E-state index in [1.54, 1.807) is 23.4 Å². The summed E-state index contributed by atoms with van der Waals surface area (Å²) in [5.41, 5.74) is -4.30. The highest BCUT2D eigenvalue weighted by atomic mass is 32.2. The van der Waals surface area contributed by atoms with Gasteiger partial charge in [0.05, 0.1) is 18.4 Å². The first-order valence-corrected chi connectivity index (χ1v) is 12.4. The topological polar surface area (TPSA) is 66.0 Å². The largest absolute Gasteiger partial charge is 0.490 e. The number of imide groups is 1. The molecule has 35 heavy (non-hydrogen) atoms. The molecular weight excluding hydrogens is 481 g/mol.